The van der Waals surface area contributed by atoms with Gasteiger partial charge in [-0.1, -0.05) is 6.07 Å². The quantitative estimate of drug-likeness (QED) is 0.527. The highest BCUT2D eigenvalue weighted by molar-refractivity contribution is 5.96. The lowest BCUT2D eigenvalue weighted by Gasteiger charge is -2.12. The van der Waals surface area contributed by atoms with E-state index in [4.69, 9.17) is 14.2 Å². The second-order valence-electron chi connectivity index (χ2n) is 4.64. The summed E-state index contributed by atoms with van der Waals surface area (Å²) < 4.78 is 19.7. The molecule has 0 aliphatic heterocycles. The molecule has 1 rings (SSSR count). The lowest BCUT2D eigenvalue weighted by molar-refractivity contribution is -0.140. The third-order valence-electron chi connectivity index (χ3n) is 3.07. The van der Waals surface area contributed by atoms with Crippen LogP contribution >= 0.6 is 0 Å². The van der Waals surface area contributed by atoms with E-state index in [1.54, 1.807) is 18.2 Å². The third kappa shape index (κ3) is 5.79. The Hall–Kier alpha value is -2.77. The van der Waals surface area contributed by atoms with E-state index < -0.39 is 18.5 Å². The molecule has 0 unspecified atom stereocenters. The van der Waals surface area contributed by atoms with Gasteiger partial charge in [0, 0.05) is 13.0 Å². The molecule has 0 saturated carbocycles. The predicted molar refractivity (Wildman–Crippen MR) is 84.1 cm³/mol. The van der Waals surface area contributed by atoms with Crippen molar-refractivity contribution >= 4 is 17.8 Å². The van der Waals surface area contributed by atoms with Gasteiger partial charge in [0.15, 0.2) is 6.61 Å². The number of esters is 2. The van der Waals surface area contributed by atoms with Crippen LogP contribution < -0.4 is 14.8 Å². The van der Waals surface area contributed by atoms with Gasteiger partial charge in [0.25, 0.3) is 5.91 Å². The summed E-state index contributed by atoms with van der Waals surface area (Å²) >= 11 is 0. The molecule has 132 valence electrons. The fourth-order valence-corrected chi connectivity index (χ4v) is 1.87. The number of ether oxygens (including phenoxy) is 4. The van der Waals surface area contributed by atoms with Crippen LogP contribution in [0.25, 0.3) is 0 Å². The summed E-state index contributed by atoms with van der Waals surface area (Å²) in [4.78, 5) is 34.7. The monoisotopic (exact) mass is 339 g/mol. The Morgan fingerprint density at radius 1 is 1.04 bits per heavy atom. The van der Waals surface area contributed by atoms with E-state index in [2.05, 4.69) is 10.1 Å². The Balaban J connectivity index is 2.49. The van der Waals surface area contributed by atoms with Crippen molar-refractivity contribution in [2.75, 3.05) is 34.5 Å². The maximum Gasteiger partial charge on any atom is 0.346 e. The molecule has 0 spiro atoms. The molecule has 0 aromatic heterocycles. The van der Waals surface area contributed by atoms with Gasteiger partial charge in [0.1, 0.15) is 17.1 Å². The summed E-state index contributed by atoms with van der Waals surface area (Å²) in [5.74, 6) is -0.967. The lowest BCUT2D eigenvalue weighted by atomic mass is 10.2. The molecule has 0 atom stereocenters. The summed E-state index contributed by atoms with van der Waals surface area (Å²) in [6.07, 6.45) is 0.641. The lowest BCUT2D eigenvalue weighted by Crippen LogP contribution is -2.30. The molecule has 1 aromatic rings. The van der Waals surface area contributed by atoms with Gasteiger partial charge < -0.3 is 24.3 Å². The van der Waals surface area contributed by atoms with E-state index in [1.807, 2.05) is 0 Å². The molecule has 1 aromatic carbocycles. The first kappa shape index (κ1) is 19.3. The summed E-state index contributed by atoms with van der Waals surface area (Å²) in [6.45, 7) is -0.165. The van der Waals surface area contributed by atoms with Crippen molar-refractivity contribution in [1.29, 1.82) is 0 Å². The number of methoxy groups -OCH3 is 3. The van der Waals surface area contributed by atoms with Gasteiger partial charge in [-0.15, -0.1) is 0 Å². The minimum absolute atomic E-state index is 0.112. The summed E-state index contributed by atoms with van der Waals surface area (Å²) in [7, 11) is 4.13. The average Bonchev–Trinajstić information content (AvgIpc) is 2.61. The van der Waals surface area contributed by atoms with Gasteiger partial charge in [-0.05, 0) is 18.6 Å². The fourth-order valence-electron chi connectivity index (χ4n) is 1.87. The van der Waals surface area contributed by atoms with Crippen molar-refractivity contribution in [3.05, 3.63) is 23.8 Å². The van der Waals surface area contributed by atoms with E-state index in [0.29, 0.717) is 6.42 Å². The highest BCUT2D eigenvalue weighted by Gasteiger charge is 2.20. The van der Waals surface area contributed by atoms with Crippen LogP contribution in [0.1, 0.15) is 23.2 Å². The van der Waals surface area contributed by atoms with Crippen molar-refractivity contribution in [2.24, 2.45) is 0 Å². The van der Waals surface area contributed by atoms with Crippen LogP contribution in [-0.2, 0) is 19.1 Å². The van der Waals surface area contributed by atoms with E-state index in [1.165, 1.54) is 21.3 Å². The highest BCUT2D eigenvalue weighted by atomic mass is 16.5. The predicted octanol–water partition coefficient (Wildman–Crippen LogP) is 0.930. The van der Waals surface area contributed by atoms with Crippen LogP contribution in [0.5, 0.6) is 11.5 Å². The molecular weight excluding hydrogens is 318 g/mol. The SMILES string of the molecule is COC(=O)CCCNC(=O)COC(=O)c1c(OC)cccc1OC. The molecular formula is C16H21NO7. The van der Waals surface area contributed by atoms with Crippen molar-refractivity contribution in [3.8, 4) is 11.5 Å². The first-order valence-corrected chi connectivity index (χ1v) is 7.25. The Morgan fingerprint density at radius 3 is 2.21 bits per heavy atom. The molecule has 0 radical (unpaired) electrons. The number of hydrogen-bond acceptors (Lipinski definition) is 7. The molecule has 0 heterocycles. The molecule has 0 fully saturated rings. The Morgan fingerprint density at radius 2 is 1.67 bits per heavy atom. The van der Waals surface area contributed by atoms with Gasteiger partial charge in [-0.25, -0.2) is 4.79 Å². The van der Waals surface area contributed by atoms with Crippen LogP contribution in [0.3, 0.4) is 0 Å². The minimum Gasteiger partial charge on any atom is -0.496 e. The molecule has 8 nitrogen and oxygen atoms in total. The zero-order valence-electron chi connectivity index (χ0n) is 13.9. The smallest absolute Gasteiger partial charge is 0.346 e. The molecule has 0 bridgehead atoms. The van der Waals surface area contributed by atoms with Gasteiger partial charge in [0.05, 0.1) is 21.3 Å². The average molecular weight is 339 g/mol. The fraction of sp³-hybridized carbons (Fsp3) is 0.438. The van der Waals surface area contributed by atoms with Crippen LogP contribution in [-0.4, -0.2) is 52.3 Å². The van der Waals surface area contributed by atoms with Crippen molar-refractivity contribution in [3.63, 3.8) is 0 Å². The number of rotatable bonds is 9. The molecule has 1 amide bonds. The zero-order valence-corrected chi connectivity index (χ0v) is 13.9. The van der Waals surface area contributed by atoms with Crippen LogP contribution in [0.2, 0.25) is 0 Å². The molecule has 1 N–H and O–H groups in total. The first-order valence-electron chi connectivity index (χ1n) is 7.25. The Bertz CT molecular complexity index is 564. The highest BCUT2D eigenvalue weighted by Crippen LogP contribution is 2.28. The largest absolute Gasteiger partial charge is 0.496 e. The summed E-state index contributed by atoms with van der Waals surface area (Å²) in [5, 5.41) is 2.54. The van der Waals surface area contributed by atoms with Gasteiger partial charge in [-0.3, -0.25) is 9.59 Å². The van der Waals surface area contributed by atoms with Gasteiger partial charge in [0.2, 0.25) is 0 Å². The zero-order chi connectivity index (χ0) is 17.9. The van der Waals surface area contributed by atoms with Gasteiger partial charge in [-0.2, -0.15) is 0 Å². The second-order valence-corrected chi connectivity index (χ2v) is 4.64. The Labute approximate surface area is 140 Å². The summed E-state index contributed by atoms with van der Waals surface area (Å²) in [5.41, 5.74) is 0.112. The van der Waals surface area contributed by atoms with Crippen molar-refractivity contribution in [2.45, 2.75) is 12.8 Å². The van der Waals surface area contributed by atoms with E-state index in [9.17, 15) is 14.4 Å². The molecule has 0 saturated heterocycles. The standard InChI is InChI=1S/C16H21NO7/c1-21-11-6-4-7-12(22-2)15(11)16(20)24-10-13(18)17-9-5-8-14(19)23-3/h4,6-7H,5,8-10H2,1-3H3,(H,17,18). The number of nitrogens with one attached hydrogen (secondary N) is 1. The topological polar surface area (TPSA) is 100 Å². The minimum atomic E-state index is -0.728. The first-order chi connectivity index (χ1) is 11.5. The number of hydrogen-bond donors (Lipinski definition) is 1. The normalized spacial score (nSPS) is 9.79. The molecule has 0 aliphatic rings. The van der Waals surface area contributed by atoms with Crippen molar-refractivity contribution < 1.29 is 33.3 Å². The van der Waals surface area contributed by atoms with Crippen LogP contribution in [0, 0.1) is 0 Å². The van der Waals surface area contributed by atoms with Crippen LogP contribution in [0.4, 0.5) is 0 Å². The van der Waals surface area contributed by atoms with E-state index in [0.717, 1.165) is 0 Å². The maximum atomic E-state index is 12.1. The van der Waals surface area contributed by atoms with Crippen molar-refractivity contribution in [1.82, 2.24) is 5.32 Å². The van der Waals surface area contributed by atoms with E-state index >= 15 is 0 Å². The second kappa shape index (κ2) is 10.1. The van der Waals surface area contributed by atoms with Crippen LogP contribution in [0.15, 0.2) is 18.2 Å². The number of benzene rings is 1. The Kier molecular flexibility index (Phi) is 8.10. The molecule has 0 aliphatic carbocycles. The molecule has 8 heteroatoms. The maximum absolute atomic E-state index is 12.1. The number of amides is 1. The summed E-state index contributed by atoms with van der Waals surface area (Å²) in [6, 6.07) is 4.85. The number of carbonyl (C=O) groups excluding carboxylic acids is 3. The molecule has 24 heavy (non-hydrogen) atoms. The number of carbonyl (C=O) groups is 3. The third-order valence-corrected chi connectivity index (χ3v) is 3.07. The van der Waals surface area contributed by atoms with E-state index in [-0.39, 0.29) is 36.0 Å². The van der Waals surface area contributed by atoms with Gasteiger partial charge >= 0.3 is 11.9 Å².